The van der Waals surface area contributed by atoms with Gasteiger partial charge in [-0.05, 0) is 60.2 Å². The number of pyridine rings is 2. The lowest BCUT2D eigenvalue weighted by atomic mass is 10.1. The van der Waals surface area contributed by atoms with Gasteiger partial charge in [-0.15, -0.1) is 0 Å². The molecular weight excluding hydrogens is 459 g/mol. The molecule has 0 spiro atoms. The number of hydrogen-bond donors (Lipinski definition) is 3. The highest BCUT2D eigenvalue weighted by Crippen LogP contribution is 2.25. The number of halogens is 1. The maximum atomic E-state index is 13.5. The van der Waals surface area contributed by atoms with Gasteiger partial charge in [-0.25, -0.2) is 9.37 Å². The van der Waals surface area contributed by atoms with E-state index in [0.29, 0.717) is 43.4 Å². The van der Waals surface area contributed by atoms with E-state index in [2.05, 4.69) is 25.8 Å². The molecule has 9 heteroatoms. The van der Waals surface area contributed by atoms with Crippen LogP contribution in [0.1, 0.15) is 34.8 Å². The number of hydrogen-bond acceptors (Lipinski definition) is 6. The van der Waals surface area contributed by atoms with Crippen LogP contribution in [0, 0.1) is 11.7 Å². The number of amides is 2. The van der Waals surface area contributed by atoms with Crippen LogP contribution in [0.5, 0.6) is 0 Å². The molecule has 3 heterocycles. The normalized spacial score (nSPS) is 14.9. The predicted molar refractivity (Wildman–Crippen MR) is 137 cm³/mol. The average molecular weight is 491 g/mol. The highest BCUT2D eigenvalue weighted by molar-refractivity contribution is 5.99. The molecule has 3 N–H and O–H groups in total. The van der Waals surface area contributed by atoms with Crippen LogP contribution in [0.2, 0.25) is 0 Å². The molecule has 0 unspecified atom stereocenters. The average Bonchev–Trinajstić information content (AvgIpc) is 3.36. The molecule has 8 nitrogen and oxygen atoms in total. The van der Waals surface area contributed by atoms with Crippen molar-refractivity contribution in [2.75, 3.05) is 36.4 Å². The van der Waals surface area contributed by atoms with Gasteiger partial charge in [0.15, 0.2) is 0 Å². The van der Waals surface area contributed by atoms with Crippen LogP contribution in [0.15, 0.2) is 60.9 Å². The Balaban J connectivity index is 1.47. The summed E-state index contributed by atoms with van der Waals surface area (Å²) in [5.41, 5.74) is 2.20. The fourth-order valence-electron chi connectivity index (χ4n) is 4.24. The van der Waals surface area contributed by atoms with Crippen molar-refractivity contribution in [2.24, 2.45) is 5.92 Å². The topological polar surface area (TPSA) is 99.3 Å². The summed E-state index contributed by atoms with van der Waals surface area (Å²) >= 11 is 0. The summed E-state index contributed by atoms with van der Waals surface area (Å²) in [6, 6.07) is 13.9. The van der Waals surface area contributed by atoms with Crippen LogP contribution in [-0.2, 0) is 17.8 Å². The van der Waals surface area contributed by atoms with Crippen LogP contribution in [0.25, 0.3) is 0 Å². The number of nitrogens with zero attached hydrogens (tertiary/aromatic N) is 3. The second-order valence-electron chi connectivity index (χ2n) is 8.95. The monoisotopic (exact) mass is 490 g/mol. The van der Waals surface area contributed by atoms with E-state index in [0.717, 1.165) is 36.5 Å². The molecule has 1 saturated heterocycles. The SMILES string of the molecule is CC(=O)NC[C@@H]1CCN(c2ccc(C(=O)NCc3cccnc3)c(NCCc3cccc(F)c3)n2)C1. The summed E-state index contributed by atoms with van der Waals surface area (Å²) < 4.78 is 13.5. The standard InChI is InChI=1S/C27H31FN6O2/c1-19(35)31-17-22-10-13-34(18-22)25-8-7-24(27(36)32-16-21-5-3-11-29-15-21)26(33-25)30-12-9-20-4-2-6-23(28)14-20/h2-8,11,14-15,22H,9-10,12-13,16-18H2,1H3,(H,30,33)(H,31,35)(H,32,36)/t22-/m0/s1. The molecule has 2 amide bonds. The molecule has 1 aromatic carbocycles. The minimum absolute atomic E-state index is 0.0296. The number of carbonyl (C=O) groups is 2. The largest absolute Gasteiger partial charge is 0.369 e. The second-order valence-corrected chi connectivity index (χ2v) is 8.95. The molecule has 0 radical (unpaired) electrons. The van der Waals surface area contributed by atoms with Gasteiger partial charge < -0.3 is 20.9 Å². The first kappa shape index (κ1) is 25.1. The van der Waals surface area contributed by atoms with Crippen molar-refractivity contribution in [1.29, 1.82) is 0 Å². The number of carbonyl (C=O) groups excluding carboxylic acids is 2. The molecule has 4 rings (SSSR count). The molecule has 1 fully saturated rings. The van der Waals surface area contributed by atoms with Crippen molar-refractivity contribution in [1.82, 2.24) is 20.6 Å². The zero-order chi connectivity index (χ0) is 25.3. The van der Waals surface area contributed by atoms with Crippen molar-refractivity contribution in [3.05, 3.63) is 83.4 Å². The second kappa shape index (κ2) is 12.1. The third-order valence-electron chi connectivity index (χ3n) is 6.15. The molecule has 1 atom stereocenters. The van der Waals surface area contributed by atoms with Gasteiger partial charge in [0.1, 0.15) is 17.5 Å². The van der Waals surface area contributed by atoms with Gasteiger partial charge in [0.25, 0.3) is 5.91 Å². The third kappa shape index (κ3) is 7.00. The fraction of sp³-hybridized carbons (Fsp3) is 0.333. The molecule has 0 bridgehead atoms. The Morgan fingerprint density at radius 3 is 2.75 bits per heavy atom. The van der Waals surface area contributed by atoms with Crippen LogP contribution in [0.3, 0.4) is 0 Å². The summed E-state index contributed by atoms with van der Waals surface area (Å²) in [5, 5.41) is 9.10. The van der Waals surface area contributed by atoms with Crippen molar-refractivity contribution < 1.29 is 14.0 Å². The predicted octanol–water partition coefficient (Wildman–Crippen LogP) is 3.16. The minimum Gasteiger partial charge on any atom is -0.369 e. The number of aromatic nitrogens is 2. The third-order valence-corrected chi connectivity index (χ3v) is 6.15. The molecule has 0 aliphatic carbocycles. The van der Waals surface area contributed by atoms with E-state index in [9.17, 15) is 14.0 Å². The maximum absolute atomic E-state index is 13.5. The van der Waals surface area contributed by atoms with Crippen molar-refractivity contribution in [3.8, 4) is 0 Å². The Hall–Kier alpha value is -4.01. The molecule has 2 aromatic heterocycles. The van der Waals surface area contributed by atoms with Crippen LogP contribution < -0.4 is 20.9 Å². The molecule has 1 aliphatic heterocycles. The summed E-state index contributed by atoms with van der Waals surface area (Å²) in [5.74, 6) is 1.07. The number of anilines is 2. The maximum Gasteiger partial charge on any atom is 0.255 e. The Kier molecular flexibility index (Phi) is 8.44. The smallest absolute Gasteiger partial charge is 0.255 e. The number of rotatable bonds is 10. The van der Waals surface area contributed by atoms with Gasteiger partial charge in [-0.1, -0.05) is 18.2 Å². The van der Waals surface area contributed by atoms with Gasteiger partial charge >= 0.3 is 0 Å². The van der Waals surface area contributed by atoms with E-state index >= 15 is 0 Å². The van der Waals surface area contributed by atoms with Gasteiger partial charge in [0.2, 0.25) is 5.91 Å². The molecule has 36 heavy (non-hydrogen) atoms. The molecule has 0 saturated carbocycles. The van der Waals surface area contributed by atoms with Crippen molar-refractivity contribution in [2.45, 2.75) is 26.3 Å². The van der Waals surface area contributed by atoms with E-state index in [1.807, 2.05) is 24.3 Å². The summed E-state index contributed by atoms with van der Waals surface area (Å²) in [7, 11) is 0. The van der Waals surface area contributed by atoms with E-state index in [1.165, 1.54) is 19.1 Å². The molecule has 1 aliphatic rings. The van der Waals surface area contributed by atoms with Crippen molar-refractivity contribution in [3.63, 3.8) is 0 Å². The van der Waals surface area contributed by atoms with Gasteiger partial charge in [-0.2, -0.15) is 0 Å². The van der Waals surface area contributed by atoms with E-state index < -0.39 is 0 Å². The fourth-order valence-corrected chi connectivity index (χ4v) is 4.24. The lowest BCUT2D eigenvalue weighted by molar-refractivity contribution is -0.119. The quantitative estimate of drug-likeness (QED) is 0.404. The van der Waals surface area contributed by atoms with Crippen LogP contribution >= 0.6 is 0 Å². The first-order valence-corrected chi connectivity index (χ1v) is 12.1. The van der Waals surface area contributed by atoms with Crippen LogP contribution in [0.4, 0.5) is 16.0 Å². The van der Waals surface area contributed by atoms with E-state index in [4.69, 9.17) is 4.98 Å². The zero-order valence-corrected chi connectivity index (χ0v) is 20.3. The first-order valence-electron chi connectivity index (χ1n) is 12.1. The van der Waals surface area contributed by atoms with E-state index in [-0.39, 0.29) is 17.6 Å². The first-order chi connectivity index (χ1) is 17.5. The van der Waals surface area contributed by atoms with Crippen molar-refractivity contribution >= 4 is 23.5 Å². The Morgan fingerprint density at radius 2 is 1.97 bits per heavy atom. The zero-order valence-electron chi connectivity index (χ0n) is 20.3. The molecule has 188 valence electrons. The highest BCUT2D eigenvalue weighted by atomic mass is 19.1. The van der Waals surface area contributed by atoms with Gasteiger partial charge in [0, 0.05) is 52.0 Å². The number of benzene rings is 1. The lowest BCUT2D eigenvalue weighted by Crippen LogP contribution is -2.29. The highest BCUT2D eigenvalue weighted by Gasteiger charge is 2.25. The minimum atomic E-state index is -0.272. The Labute approximate surface area is 210 Å². The Bertz CT molecular complexity index is 1190. The lowest BCUT2D eigenvalue weighted by Gasteiger charge is -2.20. The van der Waals surface area contributed by atoms with E-state index in [1.54, 1.807) is 24.5 Å². The Morgan fingerprint density at radius 1 is 1.11 bits per heavy atom. The van der Waals surface area contributed by atoms with Gasteiger partial charge in [0.05, 0.1) is 5.56 Å². The van der Waals surface area contributed by atoms with Gasteiger partial charge in [-0.3, -0.25) is 14.6 Å². The number of nitrogens with one attached hydrogen (secondary N) is 3. The van der Waals surface area contributed by atoms with Crippen LogP contribution in [-0.4, -0.2) is 48.0 Å². The molecular formula is C27H31FN6O2. The summed E-state index contributed by atoms with van der Waals surface area (Å²) in [4.78, 5) is 35.3. The summed E-state index contributed by atoms with van der Waals surface area (Å²) in [6.07, 6.45) is 4.94. The summed E-state index contributed by atoms with van der Waals surface area (Å²) in [6.45, 7) is 4.62. The molecule has 3 aromatic rings.